The van der Waals surface area contributed by atoms with Crippen molar-refractivity contribution in [3.05, 3.63) is 218 Å². The molecule has 9 rings (SSSR count). The number of fused-ring (bicyclic) bond motifs is 4. The summed E-state index contributed by atoms with van der Waals surface area (Å²) >= 11 is 0. The Morgan fingerprint density at radius 3 is 1.53 bits per heavy atom. The van der Waals surface area contributed by atoms with Gasteiger partial charge in [0.05, 0.1) is 122 Å². The van der Waals surface area contributed by atoms with Gasteiger partial charge in [-0.2, -0.15) is 10.5 Å². The summed E-state index contributed by atoms with van der Waals surface area (Å²) < 4.78 is 47.0. The first-order valence-electron chi connectivity index (χ1n) is 37.4. The number of hydrogen-bond donors (Lipinski definition) is 6. The number of hydrogen-bond acceptors (Lipinski definition) is 19. The lowest BCUT2D eigenvalue weighted by Gasteiger charge is -2.34. The third-order valence-corrected chi connectivity index (χ3v) is 23.3. The summed E-state index contributed by atoms with van der Waals surface area (Å²) in [5.74, 6) is -0.170. The molecule has 0 aromatic heterocycles. The minimum Gasteiger partial charge on any atom is -0.423 e. The number of carbonyl (C=O) groups excluding carboxylic acids is 2. The van der Waals surface area contributed by atoms with E-state index in [4.69, 9.17) is 37.9 Å². The molecule has 0 fully saturated rings. The van der Waals surface area contributed by atoms with Gasteiger partial charge in [-0.05, 0) is 197 Å². The lowest BCUT2D eigenvalue weighted by molar-refractivity contribution is -0.118. The molecule has 0 saturated heterocycles. The van der Waals surface area contributed by atoms with Gasteiger partial charge in [0.25, 0.3) is 0 Å². The molecule has 23 heteroatoms. The number of nitrogens with zero attached hydrogens (tertiary/aromatic N) is 4. The second-order valence-electron chi connectivity index (χ2n) is 27.9. The number of carbonyl (C=O) groups is 2. The fourth-order valence-electron chi connectivity index (χ4n) is 13.8. The van der Waals surface area contributed by atoms with Crippen LogP contribution in [0.1, 0.15) is 83.7 Å². The highest BCUT2D eigenvalue weighted by molar-refractivity contribution is 7.01. The number of rotatable bonds is 46. The van der Waals surface area contributed by atoms with Gasteiger partial charge in [-0.1, -0.05) is 117 Å². The maximum absolute atomic E-state index is 11.9. The maximum Gasteiger partial charge on any atom is 0.488 e. The van der Waals surface area contributed by atoms with Crippen molar-refractivity contribution in [3.8, 4) is 23.3 Å². The fourth-order valence-corrected chi connectivity index (χ4v) is 16.9. The molecule has 6 N–H and O–H groups in total. The first-order chi connectivity index (χ1) is 52.7. The summed E-state index contributed by atoms with van der Waals surface area (Å²) in [5.41, 5.74) is 13.2. The molecule has 0 unspecified atom stereocenters. The van der Waals surface area contributed by atoms with Crippen molar-refractivity contribution >= 4 is 94.2 Å². The van der Waals surface area contributed by atoms with E-state index in [-0.39, 0.29) is 48.9 Å². The van der Waals surface area contributed by atoms with Crippen molar-refractivity contribution in [2.24, 2.45) is 0 Å². The molecule has 0 radical (unpaired) electrons. The van der Waals surface area contributed by atoms with Gasteiger partial charge in [-0.3, -0.25) is 19.4 Å². The van der Waals surface area contributed by atoms with Gasteiger partial charge in [0.15, 0.2) is 5.78 Å². The van der Waals surface area contributed by atoms with E-state index in [2.05, 4.69) is 164 Å². The van der Waals surface area contributed by atoms with Gasteiger partial charge >= 0.3 is 14.2 Å². The van der Waals surface area contributed by atoms with E-state index in [1.165, 1.54) is 31.9 Å². The molecule has 0 bridgehead atoms. The molecule has 1 aliphatic heterocycles. The zero-order valence-electron chi connectivity index (χ0n) is 64.2. The molecular weight excluding hydrogens is 1390 g/mol. The van der Waals surface area contributed by atoms with Crippen LogP contribution >= 0.6 is 0 Å². The largest absolute Gasteiger partial charge is 0.488 e. The van der Waals surface area contributed by atoms with Crippen LogP contribution in [0.25, 0.3) is 44.3 Å². The Morgan fingerprint density at radius 2 is 1.03 bits per heavy atom. The van der Waals surface area contributed by atoms with Crippen molar-refractivity contribution < 1.29 is 67.6 Å². The quantitative estimate of drug-likeness (QED) is 0.00965. The number of anilines is 1. The van der Waals surface area contributed by atoms with Crippen LogP contribution in [-0.4, -0.2) is 196 Å². The third kappa shape index (κ3) is 23.4. The zero-order valence-corrected chi connectivity index (χ0v) is 65.2. The minimum absolute atomic E-state index is 0.0397. The molecule has 8 aromatic carbocycles. The van der Waals surface area contributed by atoms with E-state index in [1.54, 1.807) is 50.2 Å². The number of benzene rings is 8. The Hall–Kier alpha value is -8.79. The van der Waals surface area contributed by atoms with Gasteiger partial charge < -0.3 is 68.6 Å². The maximum atomic E-state index is 11.9. The summed E-state index contributed by atoms with van der Waals surface area (Å²) in [6.07, 6.45) is 3.20. The smallest absolute Gasteiger partial charge is 0.423 e. The first-order valence-corrected chi connectivity index (χ1v) is 40.4. The monoisotopic (exact) mass is 1490 g/mol. The van der Waals surface area contributed by atoms with Crippen LogP contribution in [0.4, 0.5) is 5.69 Å². The normalized spacial score (nSPS) is 12.5. The average Bonchev–Trinajstić information content (AvgIpc) is 0.717. The van der Waals surface area contributed by atoms with Crippen molar-refractivity contribution in [3.63, 3.8) is 0 Å². The number of ketones is 1. The number of nitriles is 2. The van der Waals surface area contributed by atoms with E-state index in [0.717, 1.165) is 60.6 Å². The average molecular weight is 1500 g/mol. The van der Waals surface area contributed by atoms with Crippen LogP contribution in [0.3, 0.4) is 0 Å². The highest BCUT2D eigenvalue weighted by Gasteiger charge is 2.36. The summed E-state index contributed by atoms with van der Waals surface area (Å²) in [7, 11) is -3.89. The molecular formula is C86H104B2N6O14Si. The second-order valence-corrected chi connectivity index (χ2v) is 32.2. The molecule has 572 valence electrons. The van der Waals surface area contributed by atoms with Gasteiger partial charge in [0.2, 0.25) is 5.91 Å². The standard InChI is InChI=1S/C86H104B2N6O14Si/c1-10-63-18-24-74-83(50-63)109(8,9)84-53-70(91-7)23-26-75(84)85(74)76-51-66(21-17-62(76)6)67-22-25-73-77(52-67)79(59-94(57-69-49-65(55-90)20-28-81(69)88(99)100)31-35-104-39-43-107-46-44-105-40-36-101-32-13-16-82(95)60(2)3)72-15-12-11-14-71(72)78(73)58-93(56-68-48-64(54-89)19-27-80(68)87(97)98)30-34-103-38-42-108-47-45-106-41-37-102-33-29-92-86(96)61(4)5/h10-12,14-15,17-28,48-53,91,97-100H,2,4,13,16,29-47,56-59H2,1,3,5-9H3,(H,92,96)/b63-10+. The van der Waals surface area contributed by atoms with Crippen LogP contribution in [-0.2, 0) is 73.7 Å². The Morgan fingerprint density at radius 1 is 0.532 bits per heavy atom. The summed E-state index contributed by atoms with van der Waals surface area (Å²) in [6.45, 7) is 27.7. The van der Waals surface area contributed by atoms with E-state index in [9.17, 15) is 40.2 Å². The highest BCUT2D eigenvalue weighted by Crippen LogP contribution is 2.39. The Labute approximate surface area is 643 Å². The molecule has 0 aliphatic carbocycles. The molecule has 1 aliphatic rings. The molecule has 1 heterocycles. The fraction of sp³-hybridized carbons (Fsp3) is 0.372. The predicted octanol–water partition coefficient (Wildman–Crippen LogP) is 7.05. The number of amides is 1. The highest BCUT2D eigenvalue weighted by atomic mass is 28.3. The number of allylic oxidation sites excluding steroid dienone is 1. The summed E-state index contributed by atoms with van der Waals surface area (Å²) in [6, 6.07) is 49.8. The molecule has 20 nitrogen and oxygen atoms in total. The molecule has 8 aromatic rings. The number of ether oxygens (including phenoxy) is 8. The van der Waals surface area contributed by atoms with Crippen molar-refractivity contribution in [1.82, 2.24) is 15.1 Å². The third-order valence-electron chi connectivity index (χ3n) is 19.7. The van der Waals surface area contributed by atoms with Crippen LogP contribution in [0, 0.1) is 29.6 Å². The zero-order chi connectivity index (χ0) is 77.8. The first kappa shape index (κ1) is 84.2. The Kier molecular flexibility index (Phi) is 32.8. The van der Waals surface area contributed by atoms with Crippen LogP contribution in [0.2, 0.25) is 13.1 Å². The van der Waals surface area contributed by atoms with Crippen molar-refractivity contribution in [2.45, 2.75) is 79.8 Å². The second kappa shape index (κ2) is 42.4. The lowest BCUT2D eigenvalue weighted by Crippen LogP contribution is -2.63. The molecule has 109 heavy (non-hydrogen) atoms. The molecule has 0 spiro atoms. The van der Waals surface area contributed by atoms with Crippen LogP contribution in [0.5, 0.6) is 0 Å². The van der Waals surface area contributed by atoms with Gasteiger partial charge in [-0.15, -0.1) is 0 Å². The lowest BCUT2D eigenvalue weighted by atomic mass is 9.76. The summed E-state index contributed by atoms with van der Waals surface area (Å²) in [4.78, 5) is 28.0. The number of Topliss-reactive ketones (excluding diaryl/α,β-unsaturated/α-hetero) is 1. The topological polar surface area (TPSA) is 267 Å². The predicted molar refractivity (Wildman–Crippen MR) is 435 cm³/mol. The summed E-state index contributed by atoms with van der Waals surface area (Å²) in [5, 5.41) is 79.0. The SMILES string of the molecule is C=C(C)C(=O)CCCOCCOCCOCCOCCN(Cc1cc(C#N)ccc1B(O)O)Cc1c2ccccc2c(CN(CCOCCOCCOCCOCCNC(=O)C(=C)C)Cc2cc(C#N)ccc2B(O)O)c2ccc(-c3ccc(C)c(C4=c5cc/c(=C\C)cc5[Si](C)(C)c5cc(NC)ccc54)c3)cc12. The van der Waals surface area contributed by atoms with Gasteiger partial charge in [-0.25, -0.2) is 0 Å². The van der Waals surface area contributed by atoms with E-state index >= 15 is 0 Å². The molecule has 0 atom stereocenters. The van der Waals surface area contributed by atoms with Crippen molar-refractivity contribution in [2.75, 3.05) is 138 Å². The van der Waals surface area contributed by atoms with Gasteiger partial charge in [0, 0.05) is 77.1 Å². The van der Waals surface area contributed by atoms with Gasteiger partial charge in [0.1, 0.15) is 8.07 Å². The molecule has 1 amide bonds. The van der Waals surface area contributed by atoms with E-state index < -0.39 is 22.3 Å². The van der Waals surface area contributed by atoms with E-state index in [1.807, 2.05) is 19.2 Å². The molecule has 0 saturated carbocycles. The number of nitrogens with one attached hydrogen (secondary N) is 2. The Balaban J connectivity index is 1.06. The van der Waals surface area contributed by atoms with Crippen molar-refractivity contribution in [1.29, 1.82) is 10.5 Å². The van der Waals surface area contributed by atoms with Crippen LogP contribution < -0.4 is 42.4 Å². The van der Waals surface area contributed by atoms with Crippen LogP contribution in [0.15, 0.2) is 158 Å². The number of aryl methyl sites for hydroxylation is 1. The minimum atomic E-state index is -2.24. The van der Waals surface area contributed by atoms with E-state index in [0.29, 0.717) is 171 Å². The Bertz CT molecular complexity index is 4690.